The summed E-state index contributed by atoms with van der Waals surface area (Å²) in [6.07, 6.45) is 3.74. The highest BCUT2D eigenvalue weighted by molar-refractivity contribution is 5.95. The Morgan fingerprint density at radius 2 is 2.00 bits per heavy atom. The first-order valence-corrected chi connectivity index (χ1v) is 10.3. The van der Waals surface area contributed by atoms with E-state index in [1.54, 1.807) is 24.3 Å². The third-order valence-corrected chi connectivity index (χ3v) is 6.68. The Morgan fingerprint density at radius 3 is 2.70 bits per heavy atom. The van der Waals surface area contributed by atoms with Gasteiger partial charge in [-0.25, -0.2) is 9.37 Å². The predicted molar refractivity (Wildman–Crippen MR) is 111 cm³/mol. The normalized spacial score (nSPS) is 23.2. The van der Waals surface area contributed by atoms with E-state index in [9.17, 15) is 9.18 Å². The van der Waals surface area contributed by atoms with E-state index in [0.717, 1.165) is 48.2 Å². The number of likely N-dealkylation sites (tertiary alicyclic amines) is 1. The van der Waals surface area contributed by atoms with E-state index < -0.39 is 6.61 Å². The number of nitrogens with zero attached hydrogens (tertiary/aromatic N) is 2. The van der Waals surface area contributed by atoms with E-state index in [0.29, 0.717) is 29.1 Å². The van der Waals surface area contributed by atoms with Crippen molar-refractivity contribution < 1.29 is 19.0 Å². The van der Waals surface area contributed by atoms with Crippen LogP contribution < -0.4 is 4.74 Å². The number of H-pyrrole nitrogens is 1. The molecule has 0 bridgehead atoms. The molecular weight excluding hydrogens is 385 g/mol. The molecule has 3 atom stereocenters. The number of halogens is 1. The molecule has 3 aromatic rings. The lowest BCUT2D eigenvalue weighted by Crippen LogP contribution is -2.32. The maximum absolute atomic E-state index is 13.9. The number of fused-ring (bicyclic) bond motifs is 2. The molecule has 1 aliphatic carbocycles. The van der Waals surface area contributed by atoms with Gasteiger partial charge >= 0.3 is 0 Å². The number of aliphatic hydroxyl groups is 1. The average Bonchev–Trinajstić information content (AvgIpc) is 3.45. The minimum atomic E-state index is -0.414. The van der Waals surface area contributed by atoms with Crippen molar-refractivity contribution in [2.75, 3.05) is 26.8 Å². The number of amides is 1. The Hall–Kier alpha value is -2.93. The predicted octanol–water partition coefficient (Wildman–Crippen LogP) is 3.32. The van der Waals surface area contributed by atoms with Crippen LogP contribution in [0.15, 0.2) is 36.5 Å². The first kappa shape index (κ1) is 19.1. The van der Waals surface area contributed by atoms with Crippen molar-refractivity contribution in [3.63, 3.8) is 0 Å². The number of aromatic amines is 1. The van der Waals surface area contributed by atoms with Crippen LogP contribution in [0.25, 0.3) is 22.2 Å². The molecule has 1 amide bonds. The second kappa shape index (κ2) is 7.40. The molecule has 1 aromatic carbocycles. The first-order chi connectivity index (χ1) is 14.6. The van der Waals surface area contributed by atoms with E-state index in [2.05, 4.69) is 16.0 Å². The summed E-state index contributed by atoms with van der Waals surface area (Å²) in [5, 5.41) is 10.1. The maximum atomic E-state index is 13.9. The highest BCUT2D eigenvalue weighted by Crippen LogP contribution is 2.47. The smallest absolute Gasteiger partial charge is 0.248 e. The van der Waals surface area contributed by atoms with Crippen LogP contribution in [0.3, 0.4) is 0 Å². The van der Waals surface area contributed by atoms with Crippen molar-refractivity contribution in [1.29, 1.82) is 0 Å². The number of rotatable bonds is 4. The van der Waals surface area contributed by atoms with Gasteiger partial charge in [0.1, 0.15) is 23.8 Å². The molecule has 156 valence electrons. The minimum Gasteiger partial charge on any atom is -0.496 e. The highest BCUT2D eigenvalue weighted by atomic mass is 19.1. The van der Waals surface area contributed by atoms with E-state index in [1.807, 2.05) is 6.07 Å². The summed E-state index contributed by atoms with van der Waals surface area (Å²) in [5.41, 5.74) is 3.51. The molecule has 2 fully saturated rings. The van der Waals surface area contributed by atoms with Crippen LogP contribution in [-0.4, -0.2) is 52.7 Å². The Balaban J connectivity index is 1.45. The van der Waals surface area contributed by atoms with Gasteiger partial charge in [-0.1, -0.05) is 0 Å². The summed E-state index contributed by atoms with van der Waals surface area (Å²) in [6.45, 7) is 1.04. The summed E-state index contributed by atoms with van der Waals surface area (Å²) in [4.78, 5) is 21.5. The maximum Gasteiger partial charge on any atom is 0.248 e. The Bertz CT molecular complexity index is 1100. The molecule has 1 aliphatic heterocycles. The van der Waals surface area contributed by atoms with E-state index in [-0.39, 0.29) is 11.7 Å². The molecule has 0 unspecified atom stereocenters. The summed E-state index contributed by atoms with van der Waals surface area (Å²) in [7, 11) is 1.58. The van der Waals surface area contributed by atoms with Crippen LogP contribution in [0.2, 0.25) is 0 Å². The number of benzene rings is 1. The number of aromatic nitrogens is 2. The lowest BCUT2D eigenvalue weighted by atomic mass is 9.99. The molecule has 6 nitrogen and oxygen atoms in total. The van der Waals surface area contributed by atoms with Gasteiger partial charge in [-0.15, -0.1) is 0 Å². The topological polar surface area (TPSA) is 78.5 Å². The molecule has 1 saturated carbocycles. The molecule has 2 aliphatic rings. The summed E-state index contributed by atoms with van der Waals surface area (Å²) in [6, 6.07) is 8.55. The molecule has 2 N–H and O–H groups in total. The summed E-state index contributed by atoms with van der Waals surface area (Å²) >= 11 is 0. The molecule has 5 rings (SSSR count). The fourth-order valence-corrected chi connectivity index (χ4v) is 5.25. The van der Waals surface area contributed by atoms with Gasteiger partial charge < -0.3 is 19.7 Å². The van der Waals surface area contributed by atoms with Gasteiger partial charge in [-0.2, -0.15) is 0 Å². The quantitative estimate of drug-likeness (QED) is 0.693. The number of pyridine rings is 1. The standard InChI is InChI=1S/C23H24FN3O3/c1-30-21-3-2-16(24)8-18(21)17-4-5-25-23-19(17)9-20(26-23)13-6-14-10-27(22(29)12-28)11-15(14)7-13/h2-5,8-9,13-15,28H,6-7,10-12H2,1H3,(H,25,26)/t13-,14-,15+. The number of hydrogen-bond acceptors (Lipinski definition) is 4. The fraction of sp³-hybridized carbons (Fsp3) is 0.391. The Morgan fingerprint density at radius 1 is 1.23 bits per heavy atom. The third kappa shape index (κ3) is 3.13. The van der Waals surface area contributed by atoms with Crippen molar-refractivity contribution in [3.8, 4) is 16.9 Å². The number of ether oxygens (including phenoxy) is 1. The number of aliphatic hydroxyl groups excluding tert-OH is 1. The van der Waals surface area contributed by atoms with Gasteiger partial charge in [0.2, 0.25) is 5.91 Å². The lowest BCUT2D eigenvalue weighted by Gasteiger charge is -2.17. The molecule has 3 heterocycles. The largest absolute Gasteiger partial charge is 0.496 e. The van der Waals surface area contributed by atoms with Crippen LogP contribution >= 0.6 is 0 Å². The Labute approximate surface area is 173 Å². The third-order valence-electron chi connectivity index (χ3n) is 6.68. The number of carbonyl (C=O) groups excluding carboxylic acids is 1. The lowest BCUT2D eigenvalue weighted by molar-refractivity contribution is -0.133. The SMILES string of the molecule is COc1ccc(F)cc1-c1ccnc2[nH]c([C@@H]3C[C@@H]4CN(C(=O)CO)C[C@@H]4C3)cc12. The van der Waals surface area contributed by atoms with Crippen LogP contribution in [0, 0.1) is 17.7 Å². The van der Waals surface area contributed by atoms with E-state index in [4.69, 9.17) is 9.84 Å². The minimum absolute atomic E-state index is 0.176. The van der Waals surface area contributed by atoms with Crippen LogP contribution in [0.5, 0.6) is 5.75 Å². The van der Waals surface area contributed by atoms with Gasteiger partial charge in [0.25, 0.3) is 0 Å². The molecule has 30 heavy (non-hydrogen) atoms. The van der Waals surface area contributed by atoms with Crippen LogP contribution in [0.1, 0.15) is 24.5 Å². The zero-order valence-electron chi connectivity index (χ0n) is 16.8. The summed E-state index contributed by atoms with van der Waals surface area (Å²) < 4.78 is 19.4. The van der Waals surface area contributed by atoms with Crippen LogP contribution in [0.4, 0.5) is 4.39 Å². The second-order valence-electron chi connectivity index (χ2n) is 8.34. The number of carbonyl (C=O) groups is 1. The van der Waals surface area contributed by atoms with Crippen LogP contribution in [-0.2, 0) is 4.79 Å². The van der Waals surface area contributed by atoms with E-state index in [1.165, 1.54) is 12.1 Å². The number of hydrogen-bond donors (Lipinski definition) is 2. The van der Waals surface area contributed by atoms with Gasteiger partial charge in [-0.3, -0.25) is 4.79 Å². The zero-order chi connectivity index (χ0) is 20.8. The van der Waals surface area contributed by atoms with Gasteiger partial charge in [-0.05, 0) is 66.5 Å². The van der Waals surface area contributed by atoms with Crippen molar-refractivity contribution in [2.45, 2.75) is 18.8 Å². The fourth-order valence-electron chi connectivity index (χ4n) is 5.25. The molecule has 0 radical (unpaired) electrons. The molecule has 1 saturated heterocycles. The van der Waals surface area contributed by atoms with E-state index >= 15 is 0 Å². The van der Waals surface area contributed by atoms with Gasteiger partial charge in [0, 0.05) is 35.9 Å². The van der Waals surface area contributed by atoms with Crippen molar-refractivity contribution in [1.82, 2.24) is 14.9 Å². The van der Waals surface area contributed by atoms with Crippen molar-refractivity contribution in [2.24, 2.45) is 11.8 Å². The molecule has 0 spiro atoms. The molecular formula is C23H24FN3O3. The number of methoxy groups -OCH3 is 1. The highest BCUT2D eigenvalue weighted by Gasteiger charge is 2.43. The van der Waals surface area contributed by atoms with Crippen molar-refractivity contribution in [3.05, 3.63) is 48.0 Å². The average molecular weight is 409 g/mol. The van der Waals surface area contributed by atoms with Crippen molar-refractivity contribution >= 4 is 16.9 Å². The number of nitrogens with one attached hydrogen (secondary N) is 1. The monoisotopic (exact) mass is 409 g/mol. The van der Waals surface area contributed by atoms with Gasteiger partial charge in [0.05, 0.1) is 7.11 Å². The molecule has 7 heteroatoms. The summed E-state index contributed by atoms with van der Waals surface area (Å²) in [5.74, 6) is 1.44. The molecule has 2 aromatic heterocycles. The Kier molecular flexibility index (Phi) is 4.70. The second-order valence-corrected chi connectivity index (χ2v) is 8.34. The first-order valence-electron chi connectivity index (χ1n) is 10.3. The zero-order valence-corrected chi connectivity index (χ0v) is 16.8. The van der Waals surface area contributed by atoms with Gasteiger partial charge in [0.15, 0.2) is 0 Å².